The molecule has 0 aromatic carbocycles. The Bertz CT molecular complexity index is 835. The molecule has 1 saturated heterocycles. The number of hydrogen-bond donors (Lipinski definition) is 0. The van der Waals surface area contributed by atoms with Crippen molar-refractivity contribution < 1.29 is 13.2 Å². The number of aromatic nitrogens is 1. The summed E-state index contributed by atoms with van der Waals surface area (Å²) in [4.78, 5) is 16.2. The molecule has 2 aromatic heterocycles. The van der Waals surface area contributed by atoms with Crippen molar-refractivity contribution in [3.05, 3.63) is 46.4 Å². The summed E-state index contributed by atoms with van der Waals surface area (Å²) >= 11 is 1.65. The maximum Gasteiger partial charge on any atom is 0.226 e. The summed E-state index contributed by atoms with van der Waals surface area (Å²) in [6.45, 7) is 2.00. The lowest BCUT2D eigenvalue weighted by atomic mass is 9.96. The first-order valence-electron chi connectivity index (χ1n) is 8.71. The predicted octanol–water partition coefficient (Wildman–Crippen LogP) is 2.29. The minimum Gasteiger partial charge on any atom is -0.353 e. The van der Waals surface area contributed by atoms with Crippen molar-refractivity contribution in [1.82, 2.24) is 13.8 Å². The zero-order valence-corrected chi connectivity index (χ0v) is 16.8. The van der Waals surface area contributed by atoms with Crippen LogP contribution in [-0.2, 0) is 35.0 Å². The van der Waals surface area contributed by atoms with Crippen molar-refractivity contribution in [1.29, 1.82) is 0 Å². The first-order chi connectivity index (χ1) is 12.3. The van der Waals surface area contributed by atoms with Crippen molar-refractivity contribution in [3.63, 3.8) is 0 Å². The molecule has 26 heavy (non-hydrogen) atoms. The van der Waals surface area contributed by atoms with Crippen LogP contribution in [-0.4, -0.2) is 47.4 Å². The highest BCUT2D eigenvalue weighted by molar-refractivity contribution is 7.88. The van der Waals surface area contributed by atoms with Gasteiger partial charge in [0.25, 0.3) is 0 Å². The second kappa shape index (κ2) is 7.94. The number of carbonyl (C=O) groups is 1. The number of thiophene rings is 1. The van der Waals surface area contributed by atoms with Crippen molar-refractivity contribution >= 4 is 27.3 Å². The van der Waals surface area contributed by atoms with E-state index < -0.39 is 10.0 Å². The van der Waals surface area contributed by atoms with E-state index in [4.69, 9.17) is 0 Å². The molecule has 8 heteroatoms. The van der Waals surface area contributed by atoms with Gasteiger partial charge in [0.2, 0.25) is 15.9 Å². The Kier molecular flexibility index (Phi) is 5.84. The quantitative estimate of drug-likeness (QED) is 0.754. The van der Waals surface area contributed by atoms with Gasteiger partial charge in [0.15, 0.2) is 0 Å². The first-order valence-corrected chi connectivity index (χ1v) is 11.4. The summed E-state index contributed by atoms with van der Waals surface area (Å²) in [5.41, 5.74) is 1.09. The van der Waals surface area contributed by atoms with Gasteiger partial charge in [0.1, 0.15) is 0 Å². The molecule has 0 N–H and O–H groups in total. The molecule has 1 fully saturated rings. The van der Waals surface area contributed by atoms with E-state index in [0.29, 0.717) is 39.0 Å². The average Bonchev–Trinajstić information content (AvgIpc) is 3.25. The van der Waals surface area contributed by atoms with E-state index >= 15 is 0 Å². The monoisotopic (exact) mass is 395 g/mol. The SMILES string of the molecule is Cn1cccc1CN(Cc1cccs1)C(=O)C1CCN(S(C)(=O)=O)CC1. The maximum atomic E-state index is 13.2. The van der Waals surface area contributed by atoms with E-state index in [-0.39, 0.29) is 11.8 Å². The van der Waals surface area contributed by atoms with Crippen molar-refractivity contribution in [3.8, 4) is 0 Å². The number of rotatable bonds is 6. The molecule has 1 aliphatic rings. The lowest BCUT2D eigenvalue weighted by Gasteiger charge is -2.33. The normalized spacial score (nSPS) is 16.7. The molecule has 0 saturated carbocycles. The Morgan fingerprint density at radius 2 is 1.96 bits per heavy atom. The second-order valence-corrected chi connectivity index (χ2v) is 9.84. The zero-order chi connectivity index (χ0) is 18.7. The van der Waals surface area contributed by atoms with Gasteiger partial charge in [-0.15, -0.1) is 11.3 Å². The van der Waals surface area contributed by atoms with Gasteiger partial charge in [-0.2, -0.15) is 0 Å². The Morgan fingerprint density at radius 3 is 2.50 bits per heavy atom. The number of piperidine rings is 1. The molecular formula is C18H25N3O3S2. The van der Waals surface area contributed by atoms with Crippen LogP contribution in [0.5, 0.6) is 0 Å². The highest BCUT2D eigenvalue weighted by atomic mass is 32.2. The highest BCUT2D eigenvalue weighted by Gasteiger charge is 2.31. The topological polar surface area (TPSA) is 62.6 Å². The van der Waals surface area contributed by atoms with Crippen LogP contribution in [0.4, 0.5) is 0 Å². The van der Waals surface area contributed by atoms with Crippen LogP contribution in [0.15, 0.2) is 35.8 Å². The van der Waals surface area contributed by atoms with Gasteiger partial charge in [-0.3, -0.25) is 4.79 Å². The highest BCUT2D eigenvalue weighted by Crippen LogP contribution is 2.24. The van der Waals surface area contributed by atoms with Crippen molar-refractivity contribution in [2.45, 2.75) is 25.9 Å². The summed E-state index contributed by atoms with van der Waals surface area (Å²) in [6, 6.07) is 8.05. The minimum atomic E-state index is -3.18. The summed E-state index contributed by atoms with van der Waals surface area (Å²) in [5.74, 6) is 0.000909. The Morgan fingerprint density at radius 1 is 1.23 bits per heavy atom. The van der Waals surface area contributed by atoms with E-state index in [1.54, 1.807) is 11.3 Å². The molecule has 3 heterocycles. The zero-order valence-electron chi connectivity index (χ0n) is 15.2. The molecule has 2 aromatic rings. The molecule has 1 aliphatic heterocycles. The molecule has 3 rings (SSSR count). The van der Waals surface area contributed by atoms with Crippen LogP contribution in [0.1, 0.15) is 23.4 Å². The Hall–Kier alpha value is -1.64. The average molecular weight is 396 g/mol. The van der Waals surface area contributed by atoms with E-state index in [0.717, 1.165) is 10.6 Å². The standard InChI is InChI=1S/C18H25N3O3S2/c1-19-9-3-5-16(19)13-20(14-17-6-4-12-25-17)18(22)15-7-10-21(11-8-15)26(2,23)24/h3-6,9,12,15H,7-8,10-11,13-14H2,1-2H3. The summed E-state index contributed by atoms with van der Waals surface area (Å²) in [5, 5.41) is 2.02. The molecular weight excluding hydrogens is 370 g/mol. The first kappa shape index (κ1) is 19.1. The molecule has 0 bridgehead atoms. The third kappa shape index (κ3) is 4.55. The molecule has 142 valence electrons. The summed E-state index contributed by atoms with van der Waals surface area (Å²) in [7, 11) is -1.20. The van der Waals surface area contributed by atoms with Gasteiger partial charge in [-0.1, -0.05) is 6.07 Å². The van der Waals surface area contributed by atoms with Gasteiger partial charge in [0.05, 0.1) is 19.3 Å². The smallest absolute Gasteiger partial charge is 0.226 e. The lowest BCUT2D eigenvalue weighted by Crippen LogP contribution is -2.43. The van der Waals surface area contributed by atoms with Crippen molar-refractivity contribution in [2.24, 2.45) is 13.0 Å². The van der Waals surface area contributed by atoms with Crippen LogP contribution in [0.3, 0.4) is 0 Å². The Balaban J connectivity index is 1.71. The van der Waals surface area contributed by atoms with E-state index in [9.17, 15) is 13.2 Å². The van der Waals surface area contributed by atoms with Crippen LogP contribution in [0.25, 0.3) is 0 Å². The largest absolute Gasteiger partial charge is 0.353 e. The van der Waals surface area contributed by atoms with Gasteiger partial charge in [-0.25, -0.2) is 12.7 Å². The van der Waals surface area contributed by atoms with E-state index in [1.165, 1.54) is 10.6 Å². The van der Waals surface area contributed by atoms with Gasteiger partial charge >= 0.3 is 0 Å². The van der Waals surface area contributed by atoms with Gasteiger partial charge in [0, 0.05) is 42.8 Å². The molecule has 0 radical (unpaired) electrons. The van der Waals surface area contributed by atoms with E-state index in [1.807, 2.05) is 52.4 Å². The van der Waals surface area contributed by atoms with Gasteiger partial charge in [-0.05, 0) is 36.4 Å². The van der Waals surface area contributed by atoms with Crippen LogP contribution in [0.2, 0.25) is 0 Å². The van der Waals surface area contributed by atoms with Crippen LogP contribution < -0.4 is 0 Å². The third-order valence-corrected chi connectivity index (χ3v) is 7.08. The number of carbonyl (C=O) groups excluding carboxylic acids is 1. The van der Waals surface area contributed by atoms with Crippen LogP contribution >= 0.6 is 11.3 Å². The molecule has 0 spiro atoms. The van der Waals surface area contributed by atoms with Gasteiger partial charge < -0.3 is 9.47 Å². The second-order valence-electron chi connectivity index (χ2n) is 6.82. The number of sulfonamides is 1. The third-order valence-electron chi connectivity index (χ3n) is 4.91. The number of nitrogens with zero attached hydrogens (tertiary/aromatic N) is 3. The maximum absolute atomic E-state index is 13.2. The fraction of sp³-hybridized carbons (Fsp3) is 0.500. The molecule has 0 unspecified atom stereocenters. The minimum absolute atomic E-state index is 0.117. The predicted molar refractivity (Wildman–Crippen MR) is 103 cm³/mol. The molecule has 6 nitrogen and oxygen atoms in total. The lowest BCUT2D eigenvalue weighted by molar-refractivity contribution is -0.138. The number of hydrogen-bond acceptors (Lipinski definition) is 4. The summed E-state index contributed by atoms with van der Waals surface area (Å²) < 4.78 is 26.9. The number of amides is 1. The van der Waals surface area contributed by atoms with E-state index in [2.05, 4.69) is 0 Å². The molecule has 1 amide bonds. The number of aryl methyl sites for hydroxylation is 1. The van der Waals surface area contributed by atoms with Crippen LogP contribution in [0, 0.1) is 5.92 Å². The fourth-order valence-corrected chi connectivity index (χ4v) is 4.94. The fourth-order valence-electron chi connectivity index (χ4n) is 3.35. The molecule has 0 aliphatic carbocycles. The Labute approximate surface area is 159 Å². The molecule has 0 atom stereocenters. The van der Waals surface area contributed by atoms with Crippen molar-refractivity contribution in [2.75, 3.05) is 19.3 Å². The summed E-state index contributed by atoms with van der Waals surface area (Å²) in [6.07, 6.45) is 4.38.